The molecule has 24 heavy (non-hydrogen) atoms. The molecule has 8 aliphatic carbocycles. The quantitative estimate of drug-likeness (QED) is 0.684. The number of rotatable bonds is 3. The average Bonchev–Trinajstić information content (AvgIpc) is 2.50. The van der Waals surface area contributed by atoms with Gasteiger partial charge in [-0.2, -0.15) is 0 Å². The lowest BCUT2D eigenvalue weighted by Crippen LogP contribution is -2.52. The maximum Gasteiger partial charge on any atom is 0.312 e. The van der Waals surface area contributed by atoms with Crippen molar-refractivity contribution in [1.82, 2.24) is 0 Å². The zero-order valence-corrected chi connectivity index (χ0v) is 15.0. The summed E-state index contributed by atoms with van der Waals surface area (Å²) in [5.74, 6) is 5.59. The minimum atomic E-state index is -0.0585. The van der Waals surface area contributed by atoms with Gasteiger partial charge in [0, 0.05) is 5.41 Å². The maximum absolute atomic E-state index is 13.2. The summed E-state index contributed by atoms with van der Waals surface area (Å²) in [6, 6.07) is 0. The molecule has 2 nitrogen and oxygen atoms in total. The second-order valence-corrected chi connectivity index (χ2v) is 11.2. The van der Waals surface area contributed by atoms with Crippen molar-refractivity contribution in [1.29, 1.82) is 0 Å². The first kappa shape index (κ1) is 14.6. The van der Waals surface area contributed by atoms with Gasteiger partial charge >= 0.3 is 5.97 Å². The Kier molecular flexibility index (Phi) is 2.92. The minimum absolute atomic E-state index is 0.0585. The highest BCUT2D eigenvalue weighted by Gasteiger charge is 2.56. The molecule has 8 bridgehead atoms. The van der Waals surface area contributed by atoms with E-state index in [-0.39, 0.29) is 11.4 Å². The lowest BCUT2D eigenvalue weighted by Gasteiger charge is -2.57. The first-order valence-corrected chi connectivity index (χ1v) is 10.8. The Morgan fingerprint density at radius 2 is 1.04 bits per heavy atom. The fraction of sp³-hybridized carbons (Fsp3) is 0.955. The van der Waals surface area contributed by atoms with Crippen LogP contribution in [0.1, 0.15) is 77.0 Å². The average molecular weight is 328 g/mol. The zero-order chi connectivity index (χ0) is 15.9. The van der Waals surface area contributed by atoms with Gasteiger partial charge in [-0.3, -0.25) is 4.79 Å². The molecule has 132 valence electrons. The van der Waals surface area contributed by atoms with Crippen LogP contribution in [0.15, 0.2) is 0 Å². The van der Waals surface area contributed by atoms with Crippen molar-refractivity contribution in [2.75, 3.05) is 6.61 Å². The standard InChI is InChI=1S/C22H32O2/c23-20(22-10-17-4-18(11-22)6-19(5-17)12-22)24-13-21-7-14-1-15(8-21)3-16(2-14)9-21/h14-19H,1-13H2. The second kappa shape index (κ2) is 4.80. The molecule has 0 aromatic carbocycles. The number of carbonyl (C=O) groups is 1. The fourth-order valence-electron chi connectivity index (χ4n) is 9.20. The highest BCUT2D eigenvalue weighted by Crippen LogP contribution is 2.62. The van der Waals surface area contributed by atoms with Gasteiger partial charge in [0.15, 0.2) is 0 Å². The summed E-state index contributed by atoms with van der Waals surface area (Å²) in [6.45, 7) is 0.761. The summed E-state index contributed by atoms with van der Waals surface area (Å²) < 4.78 is 6.17. The Morgan fingerprint density at radius 3 is 1.46 bits per heavy atom. The van der Waals surface area contributed by atoms with Gasteiger partial charge in [-0.05, 0) is 113 Å². The van der Waals surface area contributed by atoms with Crippen LogP contribution in [0.4, 0.5) is 0 Å². The van der Waals surface area contributed by atoms with Crippen LogP contribution in [0.25, 0.3) is 0 Å². The van der Waals surface area contributed by atoms with Gasteiger partial charge in [0.05, 0.1) is 12.0 Å². The molecule has 2 heteroatoms. The predicted octanol–water partition coefficient (Wildman–Crippen LogP) is 4.96. The smallest absolute Gasteiger partial charge is 0.312 e. The van der Waals surface area contributed by atoms with E-state index in [4.69, 9.17) is 4.74 Å². The van der Waals surface area contributed by atoms with Crippen LogP contribution < -0.4 is 0 Å². The molecule has 0 amide bonds. The molecule has 0 aromatic rings. The van der Waals surface area contributed by atoms with Gasteiger partial charge in [0.2, 0.25) is 0 Å². The van der Waals surface area contributed by atoms with E-state index in [0.29, 0.717) is 5.41 Å². The minimum Gasteiger partial charge on any atom is -0.465 e. The molecule has 0 atom stereocenters. The van der Waals surface area contributed by atoms with Crippen LogP contribution in [-0.4, -0.2) is 12.6 Å². The Balaban J connectivity index is 1.17. The lowest BCUT2D eigenvalue weighted by atomic mass is 9.49. The van der Waals surface area contributed by atoms with E-state index in [1.54, 1.807) is 0 Å². The first-order chi connectivity index (χ1) is 11.6. The molecular formula is C22H32O2. The van der Waals surface area contributed by atoms with Crippen LogP contribution in [0, 0.1) is 46.3 Å². The number of carbonyl (C=O) groups excluding carboxylic acids is 1. The monoisotopic (exact) mass is 328 g/mol. The summed E-state index contributed by atoms with van der Waals surface area (Å²) in [7, 11) is 0. The molecule has 0 unspecified atom stereocenters. The molecule has 8 aliphatic rings. The number of ether oxygens (including phenoxy) is 1. The molecule has 0 aliphatic heterocycles. The van der Waals surface area contributed by atoms with Crippen molar-refractivity contribution in [2.45, 2.75) is 77.0 Å². The largest absolute Gasteiger partial charge is 0.465 e. The van der Waals surface area contributed by atoms with E-state index < -0.39 is 0 Å². The molecular weight excluding hydrogens is 296 g/mol. The van der Waals surface area contributed by atoms with Crippen LogP contribution in [0.2, 0.25) is 0 Å². The van der Waals surface area contributed by atoms with Gasteiger partial charge < -0.3 is 4.74 Å². The number of hydrogen-bond acceptors (Lipinski definition) is 2. The van der Waals surface area contributed by atoms with Crippen molar-refractivity contribution >= 4 is 5.97 Å². The molecule has 0 heterocycles. The Morgan fingerprint density at radius 1 is 0.667 bits per heavy atom. The van der Waals surface area contributed by atoms with Crippen LogP contribution in [0.5, 0.6) is 0 Å². The second-order valence-electron chi connectivity index (χ2n) is 11.2. The normalized spacial score (nSPS) is 56.7. The van der Waals surface area contributed by atoms with Gasteiger partial charge in [-0.25, -0.2) is 0 Å². The fourth-order valence-corrected chi connectivity index (χ4v) is 9.20. The van der Waals surface area contributed by atoms with E-state index in [0.717, 1.165) is 61.4 Å². The predicted molar refractivity (Wildman–Crippen MR) is 92.2 cm³/mol. The third-order valence-electron chi connectivity index (χ3n) is 9.15. The third-order valence-corrected chi connectivity index (χ3v) is 9.15. The van der Waals surface area contributed by atoms with E-state index in [2.05, 4.69) is 0 Å². The highest BCUT2D eigenvalue weighted by molar-refractivity contribution is 5.77. The SMILES string of the molecule is O=C(OCC12CC3CC(CC(C3)C1)C2)C12CC3CC(CC(C3)C1)C2. The van der Waals surface area contributed by atoms with E-state index in [9.17, 15) is 4.79 Å². The topological polar surface area (TPSA) is 26.3 Å². The summed E-state index contributed by atoms with van der Waals surface area (Å²) in [6.07, 6.45) is 16.2. The number of esters is 1. The van der Waals surface area contributed by atoms with Crippen LogP contribution in [0.3, 0.4) is 0 Å². The first-order valence-electron chi connectivity index (χ1n) is 10.8. The Labute approximate surface area is 146 Å². The van der Waals surface area contributed by atoms with E-state index in [1.165, 1.54) is 57.8 Å². The Hall–Kier alpha value is -0.530. The van der Waals surface area contributed by atoms with Crippen molar-refractivity contribution < 1.29 is 9.53 Å². The lowest BCUT2D eigenvalue weighted by molar-refractivity contribution is -0.181. The van der Waals surface area contributed by atoms with Crippen molar-refractivity contribution in [3.05, 3.63) is 0 Å². The van der Waals surface area contributed by atoms with Crippen molar-refractivity contribution in [2.24, 2.45) is 46.3 Å². The van der Waals surface area contributed by atoms with Gasteiger partial charge in [-0.1, -0.05) is 0 Å². The highest BCUT2D eigenvalue weighted by atomic mass is 16.5. The van der Waals surface area contributed by atoms with Gasteiger partial charge in [0.25, 0.3) is 0 Å². The molecule has 8 rings (SSSR count). The van der Waals surface area contributed by atoms with E-state index >= 15 is 0 Å². The summed E-state index contributed by atoms with van der Waals surface area (Å²) in [5.41, 5.74) is 0.323. The van der Waals surface area contributed by atoms with Crippen LogP contribution in [-0.2, 0) is 9.53 Å². The molecule has 8 fully saturated rings. The molecule has 0 aromatic heterocycles. The summed E-state index contributed by atoms with van der Waals surface area (Å²) in [4.78, 5) is 13.2. The number of hydrogen-bond donors (Lipinski definition) is 0. The zero-order valence-electron chi connectivity index (χ0n) is 15.0. The van der Waals surface area contributed by atoms with Crippen molar-refractivity contribution in [3.8, 4) is 0 Å². The maximum atomic E-state index is 13.2. The summed E-state index contributed by atoms with van der Waals surface area (Å²) in [5, 5.41) is 0. The molecule has 0 saturated heterocycles. The van der Waals surface area contributed by atoms with Crippen molar-refractivity contribution in [3.63, 3.8) is 0 Å². The molecule has 0 radical (unpaired) electrons. The Bertz CT molecular complexity index is 492. The third kappa shape index (κ3) is 2.10. The summed E-state index contributed by atoms with van der Waals surface area (Å²) >= 11 is 0. The van der Waals surface area contributed by atoms with Crippen LogP contribution >= 0.6 is 0 Å². The molecule has 0 N–H and O–H groups in total. The van der Waals surface area contributed by atoms with E-state index in [1.807, 2.05) is 0 Å². The molecule has 8 saturated carbocycles. The molecule has 0 spiro atoms. The van der Waals surface area contributed by atoms with Gasteiger partial charge in [0.1, 0.15) is 0 Å². The van der Waals surface area contributed by atoms with Gasteiger partial charge in [-0.15, -0.1) is 0 Å².